The van der Waals surface area contributed by atoms with E-state index >= 15 is 0 Å². The topological polar surface area (TPSA) is 39.1 Å². The molecule has 0 saturated heterocycles. The maximum atomic E-state index is 5.43. The van der Waals surface area contributed by atoms with Crippen molar-refractivity contribution in [2.75, 3.05) is 14.2 Å². The number of nitrogens with one attached hydrogen (secondary N) is 1. The van der Waals surface area contributed by atoms with Gasteiger partial charge >= 0.3 is 0 Å². The van der Waals surface area contributed by atoms with Crippen molar-refractivity contribution in [1.82, 2.24) is 15.1 Å². The normalized spacial score (nSPS) is 14.6. The van der Waals surface area contributed by atoms with Crippen molar-refractivity contribution in [3.63, 3.8) is 0 Å². The van der Waals surface area contributed by atoms with Gasteiger partial charge in [-0.05, 0) is 19.4 Å². The Morgan fingerprint density at radius 3 is 2.65 bits per heavy atom. The van der Waals surface area contributed by atoms with Crippen LogP contribution in [0.3, 0.4) is 0 Å². The highest BCUT2D eigenvalue weighted by atomic mass is 16.5. The Hall–Kier alpha value is -1.03. The van der Waals surface area contributed by atoms with Crippen molar-refractivity contribution in [1.29, 1.82) is 0 Å². The van der Waals surface area contributed by atoms with Crippen LogP contribution in [0.25, 0.3) is 0 Å². The quantitative estimate of drug-likeness (QED) is 0.795. The van der Waals surface area contributed by atoms with Gasteiger partial charge in [0.25, 0.3) is 0 Å². The van der Waals surface area contributed by atoms with E-state index in [0.717, 1.165) is 25.1 Å². The number of nitrogens with zero attached hydrogens (tertiary/aromatic N) is 2. The zero-order valence-corrected chi connectivity index (χ0v) is 11.7. The second-order valence-corrected chi connectivity index (χ2v) is 4.47. The maximum absolute atomic E-state index is 5.43. The van der Waals surface area contributed by atoms with E-state index in [1.807, 2.05) is 13.2 Å². The fraction of sp³-hybridized carbons (Fsp3) is 0.769. The van der Waals surface area contributed by atoms with E-state index in [1.165, 1.54) is 5.69 Å². The van der Waals surface area contributed by atoms with Crippen LogP contribution in [0.5, 0.6) is 5.75 Å². The van der Waals surface area contributed by atoms with Crippen molar-refractivity contribution < 1.29 is 4.74 Å². The zero-order valence-electron chi connectivity index (χ0n) is 11.7. The molecule has 1 aromatic heterocycles. The average molecular weight is 239 g/mol. The third-order valence-electron chi connectivity index (χ3n) is 3.32. The van der Waals surface area contributed by atoms with Crippen LogP contribution in [0.15, 0.2) is 6.20 Å². The minimum atomic E-state index is 0.295. The second-order valence-electron chi connectivity index (χ2n) is 4.47. The molecule has 0 amide bonds. The number of methoxy groups -OCH3 is 1. The lowest BCUT2D eigenvalue weighted by Crippen LogP contribution is -2.26. The van der Waals surface area contributed by atoms with E-state index in [9.17, 15) is 0 Å². The van der Waals surface area contributed by atoms with Gasteiger partial charge in [-0.25, -0.2) is 0 Å². The molecule has 1 heterocycles. The van der Waals surface area contributed by atoms with Crippen molar-refractivity contribution in [3.05, 3.63) is 11.9 Å². The van der Waals surface area contributed by atoms with Crippen LogP contribution in [0.2, 0.25) is 0 Å². The molecule has 0 aliphatic rings. The molecule has 0 fully saturated rings. The first-order valence-electron chi connectivity index (χ1n) is 6.46. The van der Waals surface area contributed by atoms with E-state index < -0.39 is 0 Å². The summed E-state index contributed by atoms with van der Waals surface area (Å²) in [6, 6.07) is 0.295. The number of aryl methyl sites for hydroxylation is 1. The molecule has 1 aromatic rings. The van der Waals surface area contributed by atoms with Gasteiger partial charge in [0.1, 0.15) is 0 Å². The lowest BCUT2D eigenvalue weighted by molar-refractivity contribution is 0.345. The SMILES string of the molecule is CCCn1ncc(OC)c1C(NC)C(C)CC. The first-order chi connectivity index (χ1) is 8.19. The third kappa shape index (κ3) is 3.00. The van der Waals surface area contributed by atoms with E-state index in [-0.39, 0.29) is 0 Å². The molecular weight excluding hydrogens is 214 g/mol. The zero-order chi connectivity index (χ0) is 12.8. The monoisotopic (exact) mass is 239 g/mol. The predicted octanol–water partition coefficient (Wildman–Crippen LogP) is 2.61. The molecule has 0 bridgehead atoms. The van der Waals surface area contributed by atoms with Gasteiger partial charge in [0, 0.05) is 6.54 Å². The Morgan fingerprint density at radius 2 is 2.18 bits per heavy atom. The van der Waals surface area contributed by atoms with Crippen molar-refractivity contribution in [2.45, 2.75) is 46.2 Å². The third-order valence-corrected chi connectivity index (χ3v) is 3.32. The highest BCUT2D eigenvalue weighted by molar-refractivity contribution is 5.28. The standard InChI is InChI=1S/C13H25N3O/c1-6-8-16-13(11(17-5)9-15-16)12(14-4)10(3)7-2/h9-10,12,14H,6-8H2,1-5H3. The minimum Gasteiger partial charge on any atom is -0.493 e. The molecule has 0 saturated carbocycles. The summed E-state index contributed by atoms with van der Waals surface area (Å²) >= 11 is 0. The summed E-state index contributed by atoms with van der Waals surface area (Å²) in [7, 11) is 3.71. The first-order valence-corrected chi connectivity index (χ1v) is 6.46. The Kier molecular flexibility index (Phi) is 5.48. The molecule has 1 N–H and O–H groups in total. The van der Waals surface area contributed by atoms with Crippen LogP contribution in [0.4, 0.5) is 0 Å². The predicted molar refractivity (Wildman–Crippen MR) is 70.3 cm³/mol. The van der Waals surface area contributed by atoms with E-state index in [2.05, 4.69) is 35.9 Å². The molecule has 2 unspecified atom stereocenters. The van der Waals surface area contributed by atoms with E-state index in [0.29, 0.717) is 12.0 Å². The summed E-state index contributed by atoms with van der Waals surface area (Å²) in [5, 5.41) is 7.80. The van der Waals surface area contributed by atoms with Gasteiger partial charge in [-0.15, -0.1) is 0 Å². The van der Waals surface area contributed by atoms with Crippen LogP contribution in [-0.4, -0.2) is 23.9 Å². The second kappa shape index (κ2) is 6.64. The highest BCUT2D eigenvalue weighted by Crippen LogP contribution is 2.31. The fourth-order valence-electron chi connectivity index (χ4n) is 2.17. The Balaban J connectivity index is 3.09. The van der Waals surface area contributed by atoms with Crippen LogP contribution < -0.4 is 10.1 Å². The van der Waals surface area contributed by atoms with Gasteiger partial charge in [-0.3, -0.25) is 4.68 Å². The number of ether oxygens (including phenoxy) is 1. The molecule has 4 heteroatoms. The number of aromatic nitrogens is 2. The molecule has 0 radical (unpaired) electrons. The molecule has 1 rings (SSSR count). The van der Waals surface area contributed by atoms with E-state index in [4.69, 9.17) is 4.74 Å². The van der Waals surface area contributed by atoms with Crippen LogP contribution in [-0.2, 0) is 6.54 Å². The molecule has 0 spiro atoms. The molecule has 0 aromatic carbocycles. The van der Waals surface area contributed by atoms with Gasteiger partial charge in [0.2, 0.25) is 0 Å². The van der Waals surface area contributed by atoms with Crippen LogP contribution in [0, 0.1) is 5.92 Å². The van der Waals surface area contributed by atoms with Gasteiger partial charge in [0.15, 0.2) is 5.75 Å². The largest absolute Gasteiger partial charge is 0.493 e. The molecule has 0 aliphatic carbocycles. The van der Waals surface area contributed by atoms with Crippen LogP contribution in [0.1, 0.15) is 45.3 Å². The molecule has 17 heavy (non-hydrogen) atoms. The Bertz CT molecular complexity index is 335. The number of hydrogen-bond acceptors (Lipinski definition) is 3. The molecule has 2 atom stereocenters. The Labute approximate surface area is 104 Å². The van der Waals surface area contributed by atoms with Gasteiger partial charge in [-0.1, -0.05) is 27.2 Å². The van der Waals surface area contributed by atoms with Gasteiger partial charge in [-0.2, -0.15) is 5.10 Å². The Morgan fingerprint density at radius 1 is 1.47 bits per heavy atom. The van der Waals surface area contributed by atoms with Crippen molar-refractivity contribution in [2.24, 2.45) is 5.92 Å². The maximum Gasteiger partial charge on any atom is 0.161 e. The van der Waals surface area contributed by atoms with Gasteiger partial charge in [0.05, 0.1) is 25.0 Å². The molecule has 4 nitrogen and oxygen atoms in total. The van der Waals surface area contributed by atoms with Gasteiger partial charge < -0.3 is 10.1 Å². The smallest absolute Gasteiger partial charge is 0.161 e. The summed E-state index contributed by atoms with van der Waals surface area (Å²) < 4.78 is 7.49. The van der Waals surface area contributed by atoms with E-state index in [1.54, 1.807) is 7.11 Å². The van der Waals surface area contributed by atoms with Crippen molar-refractivity contribution >= 4 is 0 Å². The molecular formula is C13H25N3O. The molecule has 98 valence electrons. The van der Waals surface area contributed by atoms with Crippen LogP contribution >= 0.6 is 0 Å². The summed E-state index contributed by atoms with van der Waals surface area (Å²) in [6.45, 7) is 7.56. The molecule has 0 aliphatic heterocycles. The highest BCUT2D eigenvalue weighted by Gasteiger charge is 2.24. The summed E-state index contributed by atoms with van der Waals surface area (Å²) in [4.78, 5) is 0. The average Bonchev–Trinajstić information content (AvgIpc) is 2.74. The van der Waals surface area contributed by atoms with Crippen molar-refractivity contribution in [3.8, 4) is 5.75 Å². The summed E-state index contributed by atoms with van der Waals surface area (Å²) in [5.74, 6) is 1.44. The summed E-state index contributed by atoms with van der Waals surface area (Å²) in [6.07, 6.45) is 4.03. The lowest BCUT2D eigenvalue weighted by atomic mass is 9.96. The summed E-state index contributed by atoms with van der Waals surface area (Å²) in [5.41, 5.74) is 1.17. The first kappa shape index (κ1) is 14.0. The number of hydrogen-bond donors (Lipinski definition) is 1. The fourth-order valence-corrected chi connectivity index (χ4v) is 2.17. The number of rotatable bonds is 7. The minimum absolute atomic E-state index is 0.295. The lowest BCUT2D eigenvalue weighted by Gasteiger charge is -2.24.